The lowest BCUT2D eigenvalue weighted by atomic mass is 10.0. The Labute approximate surface area is 194 Å². The van der Waals surface area contributed by atoms with Crippen molar-refractivity contribution in [3.63, 3.8) is 0 Å². The quantitative estimate of drug-likeness (QED) is 0.488. The summed E-state index contributed by atoms with van der Waals surface area (Å²) in [5.74, 6) is 0.149. The zero-order valence-corrected chi connectivity index (χ0v) is 18.5. The Kier molecular flexibility index (Phi) is 7.47. The van der Waals surface area contributed by atoms with E-state index < -0.39 is 6.04 Å². The van der Waals surface area contributed by atoms with E-state index in [9.17, 15) is 14.7 Å². The van der Waals surface area contributed by atoms with Crippen molar-refractivity contribution in [3.8, 4) is 11.1 Å². The molecule has 1 saturated carbocycles. The highest BCUT2D eigenvalue weighted by Gasteiger charge is 2.19. The molecule has 1 aliphatic rings. The fourth-order valence-corrected chi connectivity index (χ4v) is 4.28. The molecule has 0 saturated heterocycles. The Morgan fingerprint density at radius 3 is 2.30 bits per heavy atom. The highest BCUT2D eigenvalue weighted by atomic mass is 16.3. The van der Waals surface area contributed by atoms with Crippen LogP contribution in [0.1, 0.15) is 58.0 Å². The van der Waals surface area contributed by atoms with Gasteiger partial charge in [0.25, 0.3) is 11.8 Å². The lowest BCUT2D eigenvalue weighted by molar-refractivity contribution is 0.0916. The van der Waals surface area contributed by atoms with Crippen LogP contribution in [0, 0.1) is 5.92 Å². The van der Waals surface area contributed by atoms with Crippen LogP contribution in [0.25, 0.3) is 11.1 Å². The number of amides is 2. The molecular formula is C27H29N3O3. The van der Waals surface area contributed by atoms with Crippen LogP contribution in [-0.2, 0) is 0 Å². The van der Waals surface area contributed by atoms with Gasteiger partial charge in [0.15, 0.2) is 0 Å². The molecule has 0 spiro atoms. The molecule has 170 valence electrons. The maximum Gasteiger partial charge on any atom is 0.251 e. The number of aliphatic hydroxyl groups is 1. The van der Waals surface area contributed by atoms with Gasteiger partial charge in [0.2, 0.25) is 0 Å². The van der Waals surface area contributed by atoms with E-state index in [4.69, 9.17) is 0 Å². The molecule has 1 aromatic heterocycles. The number of nitrogens with zero attached hydrogens (tertiary/aromatic N) is 1. The summed E-state index contributed by atoms with van der Waals surface area (Å²) in [6.07, 6.45) is 8.27. The fourth-order valence-electron chi connectivity index (χ4n) is 4.28. The molecule has 1 heterocycles. The Bertz CT molecular complexity index is 1080. The van der Waals surface area contributed by atoms with E-state index in [1.165, 1.54) is 25.7 Å². The standard InChI is InChI=1S/C27H29N3O3/c31-18-25(23-6-3-7-24(16-23)26(32)29-17-19-4-1-2-5-19)30-27(33)22-10-8-20(9-11-22)21-12-14-28-15-13-21/h3,6-16,19,25,31H,1-2,4-5,17-18H2,(H,29,32)(H,30,33)/t25-/m1/s1. The molecule has 2 amide bonds. The first-order chi connectivity index (χ1) is 16.1. The summed E-state index contributed by atoms with van der Waals surface area (Å²) in [5, 5.41) is 15.8. The predicted octanol–water partition coefficient (Wildman–Crippen LogP) is 4.13. The second kappa shape index (κ2) is 10.9. The summed E-state index contributed by atoms with van der Waals surface area (Å²) in [4.78, 5) is 29.4. The zero-order valence-electron chi connectivity index (χ0n) is 18.5. The largest absolute Gasteiger partial charge is 0.394 e. The van der Waals surface area contributed by atoms with Gasteiger partial charge in [-0.3, -0.25) is 14.6 Å². The third-order valence-corrected chi connectivity index (χ3v) is 6.23. The molecule has 2 aromatic carbocycles. The maximum atomic E-state index is 12.8. The van der Waals surface area contributed by atoms with Crippen molar-refractivity contribution in [3.05, 3.63) is 89.7 Å². The number of hydrogen-bond acceptors (Lipinski definition) is 4. The summed E-state index contributed by atoms with van der Waals surface area (Å²) >= 11 is 0. The number of rotatable bonds is 8. The minimum atomic E-state index is -0.611. The van der Waals surface area contributed by atoms with Crippen LogP contribution >= 0.6 is 0 Å². The third-order valence-electron chi connectivity index (χ3n) is 6.23. The topological polar surface area (TPSA) is 91.3 Å². The fraction of sp³-hybridized carbons (Fsp3) is 0.296. The lowest BCUT2D eigenvalue weighted by Gasteiger charge is -2.18. The van der Waals surface area contributed by atoms with Crippen molar-refractivity contribution in [1.29, 1.82) is 0 Å². The van der Waals surface area contributed by atoms with Crippen molar-refractivity contribution in [2.75, 3.05) is 13.2 Å². The second-order valence-corrected chi connectivity index (χ2v) is 8.51. The van der Waals surface area contributed by atoms with E-state index in [1.807, 2.05) is 24.3 Å². The highest BCUT2D eigenvalue weighted by Crippen LogP contribution is 2.24. The molecule has 4 rings (SSSR count). The molecule has 0 aliphatic heterocycles. The number of carbonyl (C=O) groups excluding carboxylic acids is 2. The van der Waals surface area contributed by atoms with E-state index in [-0.39, 0.29) is 18.4 Å². The van der Waals surface area contributed by atoms with E-state index in [2.05, 4.69) is 15.6 Å². The second-order valence-electron chi connectivity index (χ2n) is 8.51. The first-order valence-electron chi connectivity index (χ1n) is 11.4. The van der Waals surface area contributed by atoms with Crippen LogP contribution in [0.15, 0.2) is 73.1 Å². The van der Waals surface area contributed by atoms with Crippen LogP contribution in [0.5, 0.6) is 0 Å². The van der Waals surface area contributed by atoms with Crippen LogP contribution in [0.2, 0.25) is 0 Å². The lowest BCUT2D eigenvalue weighted by Crippen LogP contribution is -2.31. The maximum absolute atomic E-state index is 12.8. The molecule has 3 N–H and O–H groups in total. The number of nitrogens with one attached hydrogen (secondary N) is 2. The molecule has 1 aliphatic carbocycles. The molecule has 1 atom stereocenters. The van der Waals surface area contributed by atoms with Gasteiger partial charge in [-0.25, -0.2) is 0 Å². The van der Waals surface area contributed by atoms with E-state index in [0.717, 1.165) is 11.1 Å². The van der Waals surface area contributed by atoms with Crippen molar-refractivity contribution < 1.29 is 14.7 Å². The average molecular weight is 444 g/mol. The molecule has 1 fully saturated rings. The third kappa shape index (κ3) is 5.84. The number of aliphatic hydroxyl groups excluding tert-OH is 1. The minimum absolute atomic E-state index is 0.126. The zero-order chi connectivity index (χ0) is 23.0. The first-order valence-corrected chi connectivity index (χ1v) is 11.4. The van der Waals surface area contributed by atoms with E-state index >= 15 is 0 Å². The molecule has 0 unspecified atom stereocenters. The molecule has 6 heteroatoms. The Morgan fingerprint density at radius 2 is 1.61 bits per heavy atom. The molecular weight excluding hydrogens is 414 g/mol. The Morgan fingerprint density at radius 1 is 0.909 bits per heavy atom. The van der Waals surface area contributed by atoms with Gasteiger partial charge in [-0.2, -0.15) is 0 Å². The predicted molar refractivity (Wildman–Crippen MR) is 128 cm³/mol. The summed E-state index contributed by atoms with van der Waals surface area (Å²) in [5.41, 5.74) is 3.72. The van der Waals surface area contributed by atoms with Crippen LogP contribution in [0.3, 0.4) is 0 Å². The summed E-state index contributed by atoms with van der Waals surface area (Å²) in [6, 6.07) is 17.6. The van der Waals surface area contributed by atoms with Crippen molar-refractivity contribution in [2.24, 2.45) is 5.92 Å². The normalized spacial score (nSPS) is 14.6. The Balaban J connectivity index is 1.40. The summed E-state index contributed by atoms with van der Waals surface area (Å²) < 4.78 is 0. The SMILES string of the molecule is O=C(NCC1CCCC1)c1cccc([C@@H](CO)NC(=O)c2ccc(-c3ccncc3)cc2)c1. The van der Waals surface area contributed by atoms with Crippen molar-refractivity contribution in [1.82, 2.24) is 15.6 Å². The molecule has 33 heavy (non-hydrogen) atoms. The number of carbonyl (C=O) groups is 2. The van der Waals surface area contributed by atoms with Gasteiger partial charge in [0, 0.05) is 30.1 Å². The molecule has 0 radical (unpaired) electrons. The highest BCUT2D eigenvalue weighted by molar-refractivity contribution is 5.95. The first kappa shape index (κ1) is 22.7. The van der Waals surface area contributed by atoms with Crippen LogP contribution < -0.4 is 10.6 Å². The average Bonchev–Trinajstić information content (AvgIpc) is 3.40. The van der Waals surface area contributed by atoms with Gasteiger partial charge in [0.1, 0.15) is 0 Å². The van der Waals surface area contributed by atoms with Gasteiger partial charge in [-0.05, 0) is 71.8 Å². The van der Waals surface area contributed by atoms with Gasteiger partial charge >= 0.3 is 0 Å². The van der Waals surface area contributed by atoms with Crippen molar-refractivity contribution in [2.45, 2.75) is 31.7 Å². The number of hydrogen-bond donors (Lipinski definition) is 3. The van der Waals surface area contributed by atoms with Crippen LogP contribution in [0.4, 0.5) is 0 Å². The van der Waals surface area contributed by atoms with Gasteiger partial charge in [-0.15, -0.1) is 0 Å². The molecule has 0 bridgehead atoms. The van der Waals surface area contributed by atoms with Crippen LogP contribution in [-0.4, -0.2) is 35.1 Å². The van der Waals surface area contributed by atoms with Gasteiger partial charge < -0.3 is 15.7 Å². The number of benzene rings is 2. The Hall–Kier alpha value is -3.51. The van der Waals surface area contributed by atoms with E-state index in [1.54, 1.807) is 48.8 Å². The number of pyridine rings is 1. The number of aromatic nitrogens is 1. The van der Waals surface area contributed by atoms with Gasteiger partial charge in [-0.1, -0.05) is 37.1 Å². The summed E-state index contributed by atoms with van der Waals surface area (Å²) in [6.45, 7) is 0.423. The molecule has 3 aromatic rings. The van der Waals surface area contributed by atoms with Gasteiger partial charge in [0.05, 0.1) is 12.6 Å². The monoisotopic (exact) mass is 443 g/mol. The smallest absolute Gasteiger partial charge is 0.251 e. The van der Waals surface area contributed by atoms with Crippen molar-refractivity contribution >= 4 is 11.8 Å². The minimum Gasteiger partial charge on any atom is -0.394 e. The molecule has 6 nitrogen and oxygen atoms in total. The summed E-state index contributed by atoms with van der Waals surface area (Å²) in [7, 11) is 0. The van der Waals surface area contributed by atoms with E-state index in [0.29, 0.717) is 29.2 Å².